The highest BCUT2D eigenvalue weighted by molar-refractivity contribution is 4.99. The predicted molar refractivity (Wildman–Crippen MR) is 76.1 cm³/mol. The van der Waals surface area contributed by atoms with Gasteiger partial charge in [0.2, 0.25) is 5.89 Å². The Morgan fingerprint density at radius 1 is 1.32 bits per heavy atom. The summed E-state index contributed by atoms with van der Waals surface area (Å²) in [6, 6.07) is 0.295. The van der Waals surface area contributed by atoms with E-state index >= 15 is 0 Å². The Morgan fingerprint density at radius 2 is 2.21 bits per heavy atom. The maximum absolute atomic E-state index is 5.51. The van der Waals surface area contributed by atoms with Crippen LogP contribution in [0.4, 0.5) is 0 Å². The van der Waals surface area contributed by atoms with Crippen LogP contribution in [0.25, 0.3) is 0 Å². The number of hydrogen-bond acceptors (Lipinski definition) is 4. The molecular weight excluding hydrogens is 238 g/mol. The first-order chi connectivity index (χ1) is 9.35. The molecule has 0 aromatic carbocycles. The van der Waals surface area contributed by atoms with Crippen LogP contribution in [0.15, 0.2) is 4.52 Å². The third-order valence-electron chi connectivity index (χ3n) is 4.08. The van der Waals surface area contributed by atoms with Crippen molar-refractivity contribution >= 4 is 0 Å². The molecular formula is C15H27N3O. The molecule has 4 heteroatoms. The summed E-state index contributed by atoms with van der Waals surface area (Å²) in [6.45, 7) is 5.50. The Morgan fingerprint density at radius 3 is 3.00 bits per heavy atom. The smallest absolute Gasteiger partial charge is 0.229 e. The van der Waals surface area contributed by atoms with Crippen molar-refractivity contribution in [3.05, 3.63) is 11.7 Å². The largest absolute Gasteiger partial charge is 0.339 e. The number of rotatable bonds is 6. The van der Waals surface area contributed by atoms with Crippen LogP contribution in [0.2, 0.25) is 0 Å². The van der Waals surface area contributed by atoms with Gasteiger partial charge in [-0.05, 0) is 32.2 Å². The molecule has 1 N–H and O–H groups in total. The quantitative estimate of drug-likeness (QED) is 0.846. The zero-order chi connectivity index (χ0) is 13.5. The number of hydrogen-bond donors (Lipinski definition) is 1. The number of unbranched alkanes of at least 4 members (excludes halogenated alkanes) is 1. The molecule has 1 aliphatic heterocycles. The first kappa shape index (κ1) is 14.5. The van der Waals surface area contributed by atoms with Gasteiger partial charge in [0.05, 0.1) is 6.04 Å². The molecule has 1 saturated heterocycles. The number of nitrogens with one attached hydrogen (secondary N) is 1. The Labute approximate surface area is 116 Å². The summed E-state index contributed by atoms with van der Waals surface area (Å²) in [5.74, 6) is 2.15. The highest BCUT2D eigenvalue weighted by Gasteiger charge is 2.22. The van der Waals surface area contributed by atoms with E-state index in [4.69, 9.17) is 4.52 Å². The topological polar surface area (TPSA) is 51.0 Å². The fraction of sp³-hybridized carbons (Fsp3) is 0.867. The fourth-order valence-electron chi connectivity index (χ4n) is 2.76. The molecule has 19 heavy (non-hydrogen) atoms. The van der Waals surface area contributed by atoms with Gasteiger partial charge in [0.25, 0.3) is 0 Å². The average molecular weight is 265 g/mol. The lowest BCUT2D eigenvalue weighted by atomic mass is 9.99. The van der Waals surface area contributed by atoms with Crippen LogP contribution < -0.4 is 5.32 Å². The van der Waals surface area contributed by atoms with E-state index in [1.54, 1.807) is 0 Å². The van der Waals surface area contributed by atoms with Crippen LogP contribution in [0, 0.1) is 0 Å². The summed E-state index contributed by atoms with van der Waals surface area (Å²) in [6.07, 6.45) is 9.66. The van der Waals surface area contributed by atoms with Crippen LogP contribution in [0.5, 0.6) is 0 Å². The number of nitrogens with zero attached hydrogens (tertiary/aromatic N) is 2. The van der Waals surface area contributed by atoms with Crippen molar-refractivity contribution < 1.29 is 4.52 Å². The van der Waals surface area contributed by atoms with Crippen LogP contribution >= 0.6 is 0 Å². The van der Waals surface area contributed by atoms with E-state index in [1.165, 1.54) is 32.1 Å². The monoisotopic (exact) mass is 265 g/mol. The van der Waals surface area contributed by atoms with Gasteiger partial charge >= 0.3 is 0 Å². The molecule has 0 bridgehead atoms. The van der Waals surface area contributed by atoms with E-state index in [9.17, 15) is 0 Å². The zero-order valence-electron chi connectivity index (χ0n) is 12.3. The molecule has 0 aliphatic carbocycles. The molecule has 2 unspecified atom stereocenters. The Kier molecular flexibility index (Phi) is 5.83. The zero-order valence-corrected chi connectivity index (χ0v) is 12.3. The van der Waals surface area contributed by atoms with Crippen molar-refractivity contribution in [3.63, 3.8) is 0 Å². The third kappa shape index (κ3) is 4.03. The van der Waals surface area contributed by atoms with Gasteiger partial charge in [-0.3, -0.25) is 0 Å². The van der Waals surface area contributed by atoms with Gasteiger partial charge < -0.3 is 9.84 Å². The van der Waals surface area contributed by atoms with Crippen molar-refractivity contribution in [2.75, 3.05) is 6.54 Å². The molecule has 2 atom stereocenters. The SMILES string of the molecule is CCCCC(CC)c1nc(C2CCCCCN2)no1. The van der Waals surface area contributed by atoms with Crippen molar-refractivity contribution in [1.29, 1.82) is 0 Å². The Balaban J connectivity index is 1.99. The first-order valence-corrected chi connectivity index (χ1v) is 7.92. The van der Waals surface area contributed by atoms with Crippen molar-refractivity contribution in [3.8, 4) is 0 Å². The minimum Gasteiger partial charge on any atom is -0.339 e. The standard InChI is InChI=1S/C15H27N3O/c1-3-5-9-12(4-2)15-17-14(18-19-15)13-10-7-6-8-11-16-13/h12-13,16H,3-11H2,1-2H3. The van der Waals surface area contributed by atoms with Gasteiger partial charge in [-0.15, -0.1) is 0 Å². The second kappa shape index (κ2) is 7.63. The maximum Gasteiger partial charge on any atom is 0.229 e. The minimum absolute atomic E-state index is 0.295. The van der Waals surface area contributed by atoms with Gasteiger partial charge in [-0.2, -0.15) is 4.98 Å². The van der Waals surface area contributed by atoms with Crippen LogP contribution in [0.1, 0.15) is 88.9 Å². The number of aromatic nitrogens is 2. The summed E-state index contributed by atoms with van der Waals surface area (Å²) in [4.78, 5) is 4.66. The summed E-state index contributed by atoms with van der Waals surface area (Å²) in [5, 5.41) is 7.74. The van der Waals surface area contributed by atoms with E-state index in [1.807, 2.05) is 0 Å². The molecule has 2 heterocycles. The summed E-state index contributed by atoms with van der Waals surface area (Å²) in [7, 11) is 0. The second-order valence-corrected chi connectivity index (χ2v) is 5.59. The van der Waals surface area contributed by atoms with Crippen molar-refractivity contribution in [2.24, 2.45) is 0 Å². The normalized spacial score (nSPS) is 22.1. The molecule has 108 valence electrons. The molecule has 0 amide bonds. The van der Waals surface area contributed by atoms with Gasteiger partial charge in [-0.25, -0.2) is 0 Å². The van der Waals surface area contributed by atoms with Gasteiger partial charge in [0, 0.05) is 5.92 Å². The minimum atomic E-state index is 0.295. The van der Waals surface area contributed by atoms with Crippen LogP contribution in [0.3, 0.4) is 0 Å². The lowest BCUT2D eigenvalue weighted by Gasteiger charge is -2.11. The maximum atomic E-state index is 5.51. The molecule has 1 aromatic rings. The van der Waals surface area contributed by atoms with Crippen LogP contribution in [-0.4, -0.2) is 16.7 Å². The lowest BCUT2D eigenvalue weighted by molar-refractivity contribution is 0.332. The Bertz CT molecular complexity index is 356. The van der Waals surface area contributed by atoms with Crippen molar-refractivity contribution in [1.82, 2.24) is 15.5 Å². The first-order valence-electron chi connectivity index (χ1n) is 7.92. The molecule has 1 fully saturated rings. The third-order valence-corrected chi connectivity index (χ3v) is 4.08. The van der Waals surface area contributed by atoms with Crippen LogP contribution in [-0.2, 0) is 0 Å². The van der Waals surface area contributed by atoms with E-state index in [-0.39, 0.29) is 0 Å². The lowest BCUT2D eigenvalue weighted by Crippen LogP contribution is -2.21. The summed E-state index contributed by atoms with van der Waals surface area (Å²) in [5.41, 5.74) is 0. The van der Waals surface area contributed by atoms with E-state index in [0.717, 1.165) is 37.5 Å². The molecule has 1 aromatic heterocycles. The highest BCUT2D eigenvalue weighted by atomic mass is 16.5. The van der Waals surface area contributed by atoms with E-state index in [2.05, 4.69) is 29.3 Å². The predicted octanol–water partition coefficient (Wildman–Crippen LogP) is 3.96. The summed E-state index contributed by atoms with van der Waals surface area (Å²) >= 11 is 0. The van der Waals surface area contributed by atoms with Gasteiger partial charge in [0.1, 0.15) is 0 Å². The Hall–Kier alpha value is -0.900. The molecule has 0 radical (unpaired) electrons. The van der Waals surface area contributed by atoms with E-state index in [0.29, 0.717) is 12.0 Å². The van der Waals surface area contributed by atoms with Crippen molar-refractivity contribution in [2.45, 2.75) is 77.2 Å². The molecule has 2 rings (SSSR count). The highest BCUT2D eigenvalue weighted by Crippen LogP contribution is 2.26. The molecule has 0 spiro atoms. The molecule has 1 aliphatic rings. The molecule has 0 saturated carbocycles. The average Bonchev–Trinajstić information content (AvgIpc) is 2.75. The van der Waals surface area contributed by atoms with Gasteiger partial charge in [-0.1, -0.05) is 44.7 Å². The second-order valence-electron chi connectivity index (χ2n) is 5.59. The fourth-order valence-corrected chi connectivity index (χ4v) is 2.76. The van der Waals surface area contributed by atoms with Gasteiger partial charge in [0.15, 0.2) is 5.82 Å². The summed E-state index contributed by atoms with van der Waals surface area (Å²) < 4.78 is 5.51. The van der Waals surface area contributed by atoms with E-state index < -0.39 is 0 Å². The molecule has 4 nitrogen and oxygen atoms in total.